The van der Waals surface area contributed by atoms with Crippen LogP contribution in [0.1, 0.15) is 74.7 Å². The van der Waals surface area contributed by atoms with E-state index < -0.39 is 5.97 Å². The fourth-order valence-electron chi connectivity index (χ4n) is 0.659. The summed E-state index contributed by atoms with van der Waals surface area (Å²) in [6, 6.07) is 0. The van der Waals surface area contributed by atoms with E-state index in [9.17, 15) is 4.79 Å². The van der Waals surface area contributed by atoms with Crippen LogP contribution >= 0.6 is 0 Å². The molecule has 2 nitrogen and oxygen atoms in total. The van der Waals surface area contributed by atoms with Crippen molar-refractivity contribution in [3.05, 3.63) is 24.8 Å². The molecule has 0 aliphatic heterocycles. The third-order valence-corrected chi connectivity index (χ3v) is 0.983. The zero-order chi connectivity index (χ0) is 16.0. The Morgan fingerprint density at radius 1 is 1.06 bits per heavy atom. The molecule has 0 heterocycles. The Balaban J connectivity index is -0.0000000524. The molecule has 0 radical (unpaired) electrons. The predicted octanol–water partition coefficient (Wildman–Crippen LogP) is 6.09. The highest BCUT2D eigenvalue weighted by Crippen LogP contribution is 1.99. The van der Waals surface area contributed by atoms with Gasteiger partial charge in [0.15, 0.2) is 0 Å². The van der Waals surface area contributed by atoms with Gasteiger partial charge in [0.25, 0.3) is 0 Å². The Hall–Kier alpha value is -1.05. The lowest BCUT2D eigenvalue weighted by molar-refractivity contribution is -0.136. The molecule has 0 saturated carbocycles. The number of carboxylic acids is 1. The summed E-state index contributed by atoms with van der Waals surface area (Å²) in [5.74, 6) is -0.753. The largest absolute Gasteiger partial charge is 0.481 e. The lowest BCUT2D eigenvalue weighted by atomic mass is 10.2. The highest BCUT2D eigenvalue weighted by molar-refractivity contribution is 5.69. The van der Waals surface area contributed by atoms with Crippen molar-refractivity contribution in [3.63, 3.8) is 0 Å². The fraction of sp³-hybridized carbons (Fsp3) is 0.688. The standard InChI is InChI=1S/C7H12O2.C3H8.2C2H6.C2H4/c1-3-4-6(2)5-7(8)9;1-3-2;3*1-2/h4H,3,5H2,1-2H3,(H,8,9);3H2,1-2H3;2*1-2H3;1-2H2/b6-4+;;;;. The van der Waals surface area contributed by atoms with Crippen molar-refractivity contribution >= 4 is 5.97 Å². The second-order valence-electron chi connectivity index (χ2n) is 2.74. The molecule has 18 heavy (non-hydrogen) atoms. The van der Waals surface area contributed by atoms with Gasteiger partial charge in [0.05, 0.1) is 6.42 Å². The van der Waals surface area contributed by atoms with E-state index >= 15 is 0 Å². The lowest BCUT2D eigenvalue weighted by Crippen LogP contribution is -1.94. The van der Waals surface area contributed by atoms with Crippen LogP contribution in [-0.4, -0.2) is 11.1 Å². The summed E-state index contributed by atoms with van der Waals surface area (Å²) in [7, 11) is 0. The topological polar surface area (TPSA) is 37.3 Å². The molecule has 0 fully saturated rings. The van der Waals surface area contributed by atoms with Crippen LogP contribution in [0.2, 0.25) is 0 Å². The number of hydrogen-bond acceptors (Lipinski definition) is 1. The highest BCUT2D eigenvalue weighted by Gasteiger charge is 1.95. The van der Waals surface area contributed by atoms with Gasteiger partial charge < -0.3 is 5.11 Å². The molecule has 0 aromatic carbocycles. The number of aliphatic carboxylic acids is 1. The van der Waals surface area contributed by atoms with Gasteiger partial charge in [-0.05, 0) is 13.3 Å². The first-order chi connectivity index (χ1) is 8.58. The van der Waals surface area contributed by atoms with Crippen LogP contribution < -0.4 is 0 Å². The van der Waals surface area contributed by atoms with Crippen molar-refractivity contribution in [1.29, 1.82) is 0 Å². The van der Waals surface area contributed by atoms with E-state index in [0.29, 0.717) is 0 Å². The van der Waals surface area contributed by atoms with Crippen LogP contribution in [0.3, 0.4) is 0 Å². The third-order valence-electron chi connectivity index (χ3n) is 0.983. The van der Waals surface area contributed by atoms with Crippen LogP contribution in [0.5, 0.6) is 0 Å². The van der Waals surface area contributed by atoms with Crippen molar-refractivity contribution in [3.8, 4) is 0 Å². The Kier molecular flexibility index (Phi) is 74.7. The Bertz CT molecular complexity index is 149. The zero-order valence-corrected chi connectivity index (χ0v) is 14.0. The number of carboxylic acid groups (broad SMARTS) is 1. The molecular weight excluding hydrogens is 224 g/mol. The zero-order valence-electron chi connectivity index (χ0n) is 14.0. The highest BCUT2D eigenvalue weighted by atomic mass is 16.4. The molecule has 0 aliphatic rings. The quantitative estimate of drug-likeness (QED) is 0.623. The number of rotatable bonds is 3. The maximum absolute atomic E-state index is 10.0. The summed E-state index contributed by atoms with van der Waals surface area (Å²) in [4.78, 5) is 10.0. The van der Waals surface area contributed by atoms with Crippen molar-refractivity contribution in [2.45, 2.75) is 74.7 Å². The molecule has 0 aliphatic carbocycles. The second kappa shape index (κ2) is 44.5. The minimum Gasteiger partial charge on any atom is -0.481 e. The summed E-state index contributed by atoms with van der Waals surface area (Å²) in [5, 5.41) is 8.27. The Labute approximate surface area is 116 Å². The molecule has 112 valence electrons. The van der Waals surface area contributed by atoms with Gasteiger partial charge in [-0.3, -0.25) is 4.79 Å². The van der Waals surface area contributed by atoms with Gasteiger partial charge in [-0.1, -0.05) is 66.5 Å². The van der Waals surface area contributed by atoms with E-state index in [1.54, 1.807) is 0 Å². The van der Waals surface area contributed by atoms with E-state index in [1.165, 1.54) is 6.42 Å². The van der Waals surface area contributed by atoms with Gasteiger partial charge in [-0.15, -0.1) is 13.2 Å². The van der Waals surface area contributed by atoms with Gasteiger partial charge >= 0.3 is 5.97 Å². The molecular formula is C16H36O2. The SMILES string of the molecule is C=C.CC.CC.CC/C=C(\C)CC(=O)O.CCC. The second-order valence-corrected chi connectivity index (χ2v) is 2.74. The van der Waals surface area contributed by atoms with E-state index in [4.69, 9.17) is 5.11 Å². The van der Waals surface area contributed by atoms with Gasteiger partial charge in [0.1, 0.15) is 0 Å². The molecule has 0 bridgehead atoms. The van der Waals surface area contributed by atoms with Crippen LogP contribution in [0, 0.1) is 0 Å². The predicted molar refractivity (Wildman–Crippen MR) is 86.2 cm³/mol. The molecule has 0 unspecified atom stereocenters. The van der Waals surface area contributed by atoms with Crippen molar-refractivity contribution < 1.29 is 9.90 Å². The summed E-state index contributed by atoms with van der Waals surface area (Å²) < 4.78 is 0. The van der Waals surface area contributed by atoms with Crippen molar-refractivity contribution in [1.82, 2.24) is 0 Å². The average molecular weight is 260 g/mol. The minimum absolute atomic E-state index is 0.174. The fourth-order valence-corrected chi connectivity index (χ4v) is 0.659. The smallest absolute Gasteiger partial charge is 0.307 e. The van der Waals surface area contributed by atoms with E-state index in [2.05, 4.69) is 27.0 Å². The van der Waals surface area contributed by atoms with Crippen LogP contribution in [0.25, 0.3) is 0 Å². The first-order valence-electron chi connectivity index (χ1n) is 6.95. The Morgan fingerprint density at radius 2 is 1.33 bits per heavy atom. The summed E-state index contributed by atoms with van der Waals surface area (Å²) in [6.45, 7) is 22.1. The van der Waals surface area contributed by atoms with Gasteiger partial charge in [0.2, 0.25) is 0 Å². The molecule has 0 atom stereocenters. The summed E-state index contributed by atoms with van der Waals surface area (Å²) in [5.41, 5.74) is 0.935. The first-order valence-corrected chi connectivity index (χ1v) is 6.95. The normalized spacial score (nSPS) is 7.67. The molecule has 0 aromatic rings. The number of allylic oxidation sites excluding steroid dienone is 1. The van der Waals surface area contributed by atoms with Crippen LogP contribution in [-0.2, 0) is 4.79 Å². The third kappa shape index (κ3) is 82.2. The number of hydrogen-bond donors (Lipinski definition) is 1. The first kappa shape index (κ1) is 30.2. The van der Waals surface area contributed by atoms with E-state index in [-0.39, 0.29) is 6.42 Å². The average Bonchev–Trinajstić information content (AvgIpc) is 2.37. The maximum atomic E-state index is 10.0. The minimum atomic E-state index is -0.753. The molecule has 0 amide bonds. The molecule has 1 N–H and O–H groups in total. The Morgan fingerprint density at radius 3 is 1.50 bits per heavy atom. The van der Waals surface area contributed by atoms with Crippen LogP contribution in [0.15, 0.2) is 24.8 Å². The van der Waals surface area contributed by atoms with Gasteiger partial charge in [-0.25, -0.2) is 0 Å². The van der Waals surface area contributed by atoms with Gasteiger partial charge in [-0.2, -0.15) is 0 Å². The number of carbonyl (C=O) groups is 1. The molecule has 0 rings (SSSR count). The van der Waals surface area contributed by atoms with Crippen molar-refractivity contribution in [2.75, 3.05) is 0 Å². The van der Waals surface area contributed by atoms with Gasteiger partial charge in [0, 0.05) is 0 Å². The van der Waals surface area contributed by atoms with E-state index in [0.717, 1.165) is 12.0 Å². The molecule has 0 spiro atoms. The molecule has 0 saturated heterocycles. The van der Waals surface area contributed by atoms with Crippen LogP contribution in [0.4, 0.5) is 0 Å². The monoisotopic (exact) mass is 260 g/mol. The maximum Gasteiger partial charge on any atom is 0.307 e. The van der Waals surface area contributed by atoms with Crippen molar-refractivity contribution in [2.24, 2.45) is 0 Å². The summed E-state index contributed by atoms with van der Waals surface area (Å²) >= 11 is 0. The van der Waals surface area contributed by atoms with E-state index in [1.807, 2.05) is 47.6 Å². The molecule has 0 aromatic heterocycles. The lowest BCUT2D eigenvalue weighted by Gasteiger charge is -1.92. The summed E-state index contributed by atoms with van der Waals surface area (Å²) in [6.07, 6.45) is 4.26. The molecule has 2 heteroatoms.